The van der Waals surface area contributed by atoms with E-state index in [9.17, 15) is 4.79 Å². The average molecular weight is 356 g/mol. The summed E-state index contributed by atoms with van der Waals surface area (Å²) in [6, 6.07) is 12.5. The Morgan fingerprint density at radius 3 is 2.56 bits per heavy atom. The smallest absolute Gasteiger partial charge is 0.257 e. The van der Waals surface area contributed by atoms with Crippen LogP contribution in [0.15, 0.2) is 46.9 Å². The molecule has 0 saturated carbocycles. The van der Waals surface area contributed by atoms with Gasteiger partial charge in [0.2, 0.25) is 0 Å². The topological polar surface area (TPSA) is 35.9 Å². The van der Waals surface area contributed by atoms with Gasteiger partial charge in [0, 0.05) is 6.42 Å². The maximum absolute atomic E-state index is 12.9. The molecule has 2 aromatic rings. The Hall–Kier alpha value is -1.98. The number of hydrogen-bond donors (Lipinski definition) is 0. The van der Waals surface area contributed by atoms with Gasteiger partial charge >= 0.3 is 0 Å². The van der Waals surface area contributed by atoms with E-state index in [1.165, 1.54) is 5.56 Å². The van der Waals surface area contributed by atoms with Gasteiger partial charge in [-0.1, -0.05) is 49.7 Å². The largest absolute Gasteiger partial charge is 0.295 e. The molecule has 25 heavy (non-hydrogen) atoms. The summed E-state index contributed by atoms with van der Waals surface area (Å²) in [5.41, 5.74) is 3.38. The van der Waals surface area contributed by atoms with Gasteiger partial charge in [-0.15, -0.1) is 11.3 Å². The zero-order chi connectivity index (χ0) is 17.8. The summed E-state index contributed by atoms with van der Waals surface area (Å²) in [5, 5.41) is 8.48. The Balaban J connectivity index is 1.87. The molecule has 2 heterocycles. The summed E-state index contributed by atoms with van der Waals surface area (Å²) in [5.74, 6) is 0.0702. The highest BCUT2D eigenvalue weighted by Gasteiger charge is 2.33. The molecule has 0 spiro atoms. The van der Waals surface area contributed by atoms with Gasteiger partial charge in [-0.2, -0.15) is 5.10 Å². The van der Waals surface area contributed by atoms with Gasteiger partial charge in [-0.3, -0.25) is 9.69 Å². The molecular formula is C20H25N3OS. The van der Waals surface area contributed by atoms with Crippen molar-refractivity contribution in [3.05, 3.63) is 57.8 Å². The number of aryl methyl sites for hydroxylation is 1. The highest BCUT2D eigenvalue weighted by Crippen LogP contribution is 2.34. The minimum absolute atomic E-state index is 0.0132. The van der Waals surface area contributed by atoms with Gasteiger partial charge in [0.15, 0.2) is 0 Å². The van der Waals surface area contributed by atoms with Gasteiger partial charge in [0.1, 0.15) is 0 Å². The van der Waals surface area contributed by atoms with E-state index in [-0.39, 0.29) is 11.9 Å². The third-order valence-corrected chi connectivity index (χ3v) is 5.61. The van der Waals surface area contributed by atoms with Crippen LogP contribution >= 0.6 is 11.3 Å². The Kier molecular flexibility index (Phi) is 5.66. The van der Waals surface area contributed by atoms with Crippen molar-refractivity contribution >= 4 is 23.0 Å². The van der Waals surface area contributed by atoms with Crippen molar-refractivity contribution in [2.45, 2.75) is 33.2 Å². The van der Waals surface area contributed by atoms with Crippen molar-refractivity contribution in [3.63, 3.8) is 0 Å². The lowest BCUT2D eigenvalue weighted by Gasteiger charge is -2.25. The Morgan fingerprint density at radius 1 is 1.24 bits per heavy atom. The predicted molar refractivity (Wildman–Crippen MR) is 104 cm³/mol. The molecule has 4 nitrogen and oxygen atoms in total. The van der Waals surface area contributed by atoms with Crippen molar-refractivity contribution in [1.82, 2.24) is 9.91 Å². The summed E-state index contributed by atoms with van der Waals surface area (Å²) < 4.78 is 0. The van der Waals surface area contributed by atoms with E-state index in [4.69, 9.17) is 5.10 Å². The molecule has 1 aromatic heterocycles. The summed E-state index contributed by atoms with van der Waals surface area (Å²) in [4.78, 5) is 16.2. The van der Waals surface area contributed by atoms with Crippen LogP contribution in [0, 0.1) is 6.92 Å². The zero-order valence-corrected chi connectivity index (χ0v) is 15.9. The number of hydrogen-bond acceptors (Lipinski definition) is 4. The molecule has 0 saturated heterocycles. The van der Waals surface area contributed by atoms with E-state index in [1.807, 2.05) is 6.07 Å². The first kappa shape index (κ1) is 17.8. The number of carbonyl (C=O) groups excluding carboxylic acids is 1. The molecule has 1 amide bonds. The Labute approximate surface area is 153 Å². The molecule has 1 aliphatic rings. The van der Waals surface area contributed by atoms with Crippen LogP contribution in [-0.2, 0) is 4.79 Å². The quantitative estimate of drug-likeness (QED) is 0.783. The first-order chi connectivity index (χ1) is 12.1. The molecule has 132 valence electrons. The van der Waals surface area contributed by atoms with Crippen molar-refractivity contribution in [2.75, 3.05) is 19.6 Å². The van der Waals surface area contributed by atoms with E-state index in [0.29, 0.717) is 6.54 Å². The molecule has 1 unspecified atom stereocenters. The van der Waals surface area contributed by atoms with Crippen LogP contribution in [0.1, 0.15) is 42.3 Å². The van der Waals surface area contributed by atoms with E-state index < -0.39 is 0 Å². The van der Waals surface area contributed by atoms with Crippen LogP contribution < -0.4 is 0 Å². The van der Waals surface area contributed by atoms with Crippen molar-refractivity contribution in [3.8, 4) is 0 Å². The standard InChI is InChI=1S/C20H25N3OS/c1-4-22(5-2)14-20(24)23-18(16-10-8-15(3)9-11-16)13-17(21-23)19-7-6-12-25-19/h6-12,18H,4-5,13-14H2,1-3H3. The number of hydrazone groups is 1. The highest BCUT2D eigenvalue weighted by molar-refractivity contribution is 7.12. The highest BCUT2D eigenvalue weighted by atomic mass is 32.1. The fourth-order valence-corrected chi connectivity index (χ4v) is 3.81. The molecule has 0 bridgehead atoms. The molecule has 1 atom stereocenters. The van der Waals surface area contributed by atoms with Crippen LogP contribution in [0.2, 0.25) is 0 Å². The Morgan fingerprint density at radius 2 is 1.96 bits per heavy atom. The van der Waals surface area contributed by atoms with Crippen LogP contribution in [0.3, 0.4) is 0 Å². The lowest BCUT2D eigenvalue weighted by atomic mass is 10.00. The van der Waals surface area contributed by atoms with Crippen molar-refractivity contribution < 1.29 is 4.79 Å². The number of amides is 1. The second kappa shape index (κ2) is 7.93. The number of likely N-dealkylation sites (N-methyl/N-ethyl adjacent to an activating group) is 1. The predicted octanol–water partition coefficient (Wildman–Crippen LogP) is 4.08. The number of rotatable bonds is 6. The third kappa shape index (κ3) is 3.99. The third-order valence-electron chi connectivity index (χ3n) is 4.69. The molecule has 1 aromatic carbocycles. The molecule has 3 rings (SSSR count). The molecule has 0 aliphatic carbocycles. The summed E-state index contributed by atoms with van der Waals surface area (Å²) in [6.45, 7) is 8.39. The number of thiophene rings is 1. The molecule has 0 fully saturated rings. The SMILES string of the molecule is CCN(CC)CC(=O)N1N=C(c2cccs2)CC1c1ccc(C)cc1. The molecule has 1 aliphatic heterocycles. The molecule has 5 heteroatoms. The Bertz CT molecular complexity index is 733. The van der Waals surface area contributed by atoms with Gasteiger partial charge in [-0.05, 0) is 37.0 Å². The minimum Gasteiger partial charge on any atom is -0.295 e. The maximum atomic E-state index is 12.9. The lowest BCUT2D eigenvalue weighted by molar-refractivity contribution is -0.134. The van der Waals surface area contributed by atoms with Crippen molar-refractivity contribution in [1.29, 1.82) is 0 Å². The van der Waals surface area contributed by atoms with Gasteiger partial charge in [-0.25, -0.2) is 5.01 Å². The fraction of sp³-hybridized carbons (Fsp3) is 0.400. The first-order valence-corrected chi connectivity index (χ1v) is 9.72. The second-order valence-corrected chi connectivity index (χ2v) is 7.30. The maximum Gasteiger partial charge on any atom is 0.257 e. The van der Waals surface area contributed by atoms with E-state index in [2.05, 4.69) is 61.4 Å². The molecular weight excluding hydrogens is 330 g/mol. The normalized spacial score (nSPS) is 17.2. The molecule has 0 radical (unpaired) electrons. The van der Waals surface area contributed by atoms with E-state index in [1.54, 1.807) is 16.3 Å². The second-order valence-electron chi connectivity index (χ2n) is 6.35. The zero-order valence-electron chi connectivity index (χ0n) is 15.1. The van der Waals surface area contributed by atoms with E-state index in [0.717, 1.165) is 35.7 Å². The summed E-state index contributed by atoms with van der Waals surface area (Å²) in [6.07, 6.45) is 0.771. The minimum atomic E-state index is -0.0132. The van der Waals surface area contributed by atoms with Crippen LogP contribution in [0.4, 0.5) is 0 Å². The van der Waals surface area contributed by atoms with E-state index >= 15 is 0 Å². The lowest BCUT2D eigenvalue weighted by Crippen LogP contribution is -2.38. The summed E-state index contributed by atoms with van der Waals surface area (Å²) >= 11 is 1.68. The average Bonchev–Trinajstić information content (AvgIpc) is 3.29. The van der Waals surface area contributed by atoms with Crippen molar-refractivity contribution in [2.24, 2.45) is 5.10 Å². The van der Waals surface area contributed by atoms with Gasteiger partial charge in [0.25, 0.3) is 5.91 Å². The van der Waals surface area contributed by atoms with Crippen LogP contribution in [0.5, 0.6) is 0 Å². The van der Waals surface area contributed by atoms with Gasteiger partial charge in [0.05, 0.1) is 23.2 Å². The first-order valence-electron chi connectivity index (χ1n) is 8.84. The van der Waals surface area contributed by atoms with Crippen LogP contribution in [0.25, 0.3) is 0 Å². The monoisotopic (exact) mass is 355 g/mol. The fourth-order valence-electron chi connectivity index (χ4n) is 3.09. The number of benzene rings is 1. The van der Waals surface area contributed by atoms with Crippen LogP contribution in [-0.4, -0.2) is 41.2 Å². The summed E-state index contributed by atoms with van der Waals surface area (Å²) in [7, 11) is 0. The number of carbonyl (C=O) groups is 1. The molecule has 0 N–H and O–H groups in total. The van der Waals surface area contributed by atoms with Gasteiger partial charge < -0.3 is 0 Å². The number of nitrogens with zero attached hydrogens (tertiary/aromatic N) is 3.